The number of thiocarbonyl (C=S) groups is 1. The Labute approximate surface area is 123 Å². The van der Waals surface area contributed by atoms with Gasteiger partial charge < -0.3 is 15.4 Å². The molecule has 0 heterocycles. The monoisotopic (exact) mass is 298 g/mol. The molecule has 0 fully saturated rings. The van der Waals surface area contributed by atoms with Crippen molar-refractivity contribution in [1.82, 2.24) is 0 Å². The number of thioether (sulfide) groups is 1. The van der Waals surface area contributed by atoms with E-state index in [0.29, 0.717) is 11.5 Å². The minimum Gasteiger partial charge on any atom is -0.468 e. The number of likely N-dealkylation sites (N-methyl/N-ethyl adjacent to an activating group) is 1. The van der Waals surface area contributed by atoms with Gasteiger partial charge in [0.15, 0.2) is 0 Å². The van der Waals surface area contributed by atoms with Gasteiger partial charge in [0.2, 0.25) is 0 Å². The number of anilines is 1. The maximum atomic E-state index is 11.5. The average molecular weight is 298 g/mol. The number of nitrogens with two attached hydrogens (primary N) is 1. The second kappa shape index (κ2) is 7.35. The van der Waals surface area contributed by atoms with Gasteiger partial charge in [-0.3, -0.25) is 4.79 Å². The van der Waals surface area contributed by atoms with Crippen LogP contribution in [0.1, 0.15) is 12.5 Å². The van der Waals surface area contributed by atoms with Gasteiger partial charge in [0.25, 0.3) is 0 Å². The maximum Gasteiger partial charge on any atom is 0.325 e. The van der Waals surface area contributed by atoms with E-state index in [0.717, 1.165) is 16.1 Å². The highest BCUT2D eigenvalue weighted by Gasteiger charge is 2.17. The van der Waals surface area contributed by atoms with Crippen molar-refractivity contribution >= 4 is 40.6 Å². The molecule has 6 heteroatoms. The first kappa shape index (κ1) is 15.8. The number of methoxy groups -OCH3 is 1. The predicted octanol–water partition coefficient (Wildman–Crippen LogP) is 2.04. The molecule has 0 aromatic heterocycles. The van der Waals surface area contributed by atoms with Crippen LogP contribution in [0.2, 0.25) is 0 Å². The fourth-order valence-electron chi connectivity index (χ4n) is 1.79. The van der Waals surface area contributed by atoms with Gasteiger partial charge in [-0.1, -0.05) is 18.3 Å². The second-order valence-corrected chi connectivity index (χ2v) is 5.10. The van der Waals surface area contributed by atoms with Crippen molar-refractivity contribution in [1.29, 1.82) is 0 Å². The van der Waals surface area contributed by atoms with Gasteiger partial charge in [-0.05, 0) is 25.3 Å². The minimum atomic E-state index is -0.287. The van der Waals surface area contributed by atoms with E-state index in [1.165, 1.54) is 7.11 Å². The highest BCUT2D eigenvalue weighted by atomic mass is 32.2. The first-order chi connectivity index (χ1) is 9.04. The molecule has 0 saturated heterocycles. The largest absolute Gasteiger partial charge is 0.468 e. The van der Waals surface area contributed by atoms with Crippen LogP contribution >= 0.6 is 24.0 Å². The molecule has 0 bridgehead atoms. The summed E-state index contributed by atoms with van der Waals surface area (Å²) in [4.78, 5) is 14.7. The number of ether oxygens (including phenoxy) is 1. The lowest BCUT2D eigenvalue weighted by molar-refractivity contribution is -0.138. The lowest BCUT2D eigenvalue weighted by Gasteiger charge is -2.25. The minimum absolute atomic E-state index is 0.181. The van der Waals surface area contributed by atoms with E-state index in [2.05, 4.69) is 0 Å². The number of rotatable bonds is 6. The number of carbonyl (C=O) groups excluding carboxylic acids is 1. The van der Waals surface area contributed by atoms with Crippen molar-refractivity contribution in [3.05, 3.63) is 23.8 Å². The Morgan fingerprint density at radius 2 is 2.21 bits per heavy atom. The van der Waals surface area contributed by atoms with E-state index in [1.54, 1.807) is 11.8 Å². The van der Waals surface area contributed by atoms with E-state index in [9.17, 15) is 4.79 Å². The van der Waals surface area contributed by atoms with Crippen LogP contribution in [-0.2, 0) is 9.53 Å². The zero-order chi connectivity index (χ0) is 14.4. The number of carbonyl (C=O) groups is 1. The summed E-state index contributed by atoms with van der Waals surface area (Å²) < 4.78 is 4.71. The van der Waals surface area contributed by atoms with Crippen LogP contribution < -0.4 is 10.6 Å². The fraction of sp³-hybridized carbons (Fsp3) is 0.385. The quantitative estimate of drug-likeness (QED) is 0.493. The van der Waals surface area contributed by atoms with E-state index in [-0.39, 0.29) is 12.5 Å². The Hall–Kier alpha value is -1.27. The molecular weight excluding hydrogens is 280 g/mol. The highest BCUT2D eigenvalue weighted by molar-refractivity contribution is 7.98. The predicted molar refractivity (Wildman–Crippen MR) is 84.0 cm³/mol. The molecule has 1 aromatic carbocycles. The average Bonchev–Trinajstić information content (AvgIpc) is 2.43. The topological polar surface area (TPSA) is 55.6 Å². The molecule has 0 radical (unpaired) electrons. The van der Waals surface area contributed by atoms with Crippen molar-refractivity contribution in [2.45, 2.75) is 11.8 Å². The number of esters is 1. The molecule has 19 heavy (non-hydrogen) atoms. The lowest BCUT2D eigenvalue weighted by atomic mass is 10.1. The van der Waals surface area contributed by atoms with Crippen molar-refractivity contribution in [2.75, 3.05) is 31.4 Å². The normalized spacial score (nSPS) is 10.1. The fourth-order valence-corrected chi connectivity index (χ4v) is 2.70. The summed E-state index contributed by atoms with van der Waals surface area (Å²) in [5.41, 5.74) is 7.51. The zero-order valence-electron chi connectivity index (χ0n) is 11.3. The molecule has 1 rings (SSSR count). The Balaban J connectivity index is 3.23. The van der Waals surface area contributed by atoms with Crippen molar-refractivity contribution in [3.63, 3.8) is 0 Å². The third kappa shape index (κ3) is 3.84. The number of nitrogens with zero attached hydrogens (tertiary/aromatic N) is 1. The van der Waals surface area contributed by atoms with Crippen LogP contribution in [0.15, 0.2) is 23.1 Å². The first-order valence-electron chi connectivity index (χ1n) is 5.83. The van der Waals surface area contributed by atoms with Gasteiger partial charge in [0.05, 0.1) is 7.11 Å². The third-order valence-corrected chi connectivity index (χ3v) is 3.72. The molecule has 0 spiro atoms. The molecule has 0 aliphatic heterocycles. The molecule has 0 aliphatic carbocycles. The van der Waals surface area contributed by atoms with Crippen molar-refractivity contribution < 1.29 is 9.53 Å². The molecular formula is C13H18N2O2S2. The first-order valence-corrected chi connectivity index (χ1v) is 7.47. The molecule has 0 aliphatic rings. The smallest absolute Gasteiger partial charge is 0.325 e. The SMILES string of the molecule is CCN(CC(=O)OC)c1cccc(SC)c1C(N)=S. The summed E-state index contributed by atoms with van der Waals surface area (Å²) in [6, 6.07) is 5.82. The van der Waals surface area contributed by atoms with Gasteiger partial charge in [0.1, 0.15) is 11.5 Å². The standard InChI is InChI=1S/C13H18N2O2S2/c1-4-15(8-11(16)17-2)9-6-5-7-10(19-3)12(9)13(14)18/h5-7H,4,8H2,1-3H3,(H2,14,18). The molecule has 0 saturated carbocycles. The lowest BCUT2D eigenvalue weighted by Crippen LogP contribution is -2.32. The van der Waals surface area contributed by atoms with Gasteiger partial charge in [-0.15, -0.1) is 11.8 Å². The number of hydrogen-bond donors (Lipinski definition) is 1. The Morgan fingerprint density at radius 1 is 1.53 bits per heavy atom. The van der Waals surface area contributed by atoms with E-state index >= 15 is 0 Å². The number of hydrogen-bond acceptors (Lipinski definition) is 5. The van der Waals surface area contributed by atoms with Crippen LogP contribution in [0.3, 0.4) is 0 Å². The Bertz CT molecular complexity index is 478. The van der Waals surface area contributed by atoms with Crippen LogP contribution in [0.5, 0.6) is 0 Å². The van der Waals surface area contributed by atoms with Gasteiger partial charge >= 0.3 is 5.97 Å². The summed E-state index contributed by atoms with van der Waals surface area (Å²) in [5, 5.41) is 0. The molecule has 2 N–H and O–H groups in total. The molecule has 104 valence electrons. The molecule has 1 aromatic rings. The maximum absolute atomic E-state index is 11.5. The summed E-state index contributed by atoms with van der Waals surface area (Å²) in [5.74, 6) is -0.287. The van der Waals surface area contributed by atoms with Crippen LogP contribution in [-0.4, -0.2) is 37.4 Å². The van der Waals surface area contributed by atoms with E-state index in [4.69, 9.17) is 22.7 Å². The summed E-state index contributed by atoms with van der Waals surface area (Å²) in [6.07, 6.45) is 1.97. The van der Waals surface area contributed by atoms with Gasteiger partial charge in [-0.25, -0.2) is 0 Å². The van der Waals surface area contributed by atoms with Crippen LogP contribution in [0.25, 0.3) is 0 Å². The van der Waals surface area contributed by atoms with Crippen LogP contribution in [0.4, 0.5) is 5.69 Å². The second-order valence-electron chi connectivity index (χ2n) is 3.81. The van der Waals surface area contributed by atoms with Crippen LogP contribution in [0, 0.1) is 0 Å². The van der Waals surface area contributed by atoms with E-state index in [1.807, 2.05) is 36.3 Å². The molecule has 0 atom stereocenters. The van der Waals surface area contributed by atoms with E-state index < -0.39 is 0 Å². The third-order valence-electron chi connectivity index (χ3n) is 2.74. The molecule has 0 amide bonds. The number of benzene rings is 1. The van der Waals surface area contributed by atoms with Gasteiger partial charge in [-0.2, -0.15) is 0 Å². The summed E-state index contributed by atoms with van der Waals surface area (Å²) in [7, 11) is 1.38. The Kier molecular flexibility index (Phi) is 6.11. The Morgan fingerprint density at radius 3 is 2.68 bits per heavy atom. The summed E-state index contributed by atoms with van der Waals surface area (Å²) >= 11 is 6.71. The van der Waals surface area contributed by atoms with Gasteiger partial charge in [0, 0.05) is 22.7 Å². The molecule has 0 unspecified atom stereocenters. The van der Waals surface area contributed by atoms with Crippen molar-refractivity contribution in [2.24, 2.45) is 5.73 Å². The summed E-state index contributed by atoms with van der Waals surface area (Å²) in [6.45, 7) is 2.82. The zero-order valence-corrected chi connectivity index (χ0v) is 12.9. The highest BCUT2D eigenvalue weighted by Crippen LogP contribution is 2.29. The molecule has 4 nitrogen and oxygen atoms in total. The van der Waals surface area contributed by atoms with Crippen molar-refractivity contribution in [3.8, 4) is 0 Å².